The molecule has 2 heterocycles. The Hall–Kier alpha value is -1.66. The maximum absolute atomic E-state index is 13.1. The highest BCUT2D eigenvalue weighted by molar-refractivity contribution is 9.11. The van der Waals surface area contributed by atoms with Gasteiger partial charge in [0.05, 0.1) is 8.66 Å². The number of rotatable bonds is 6. The average Bonchev–Trinajstić information content (AvgIpc) is 3.32. The molecule has 0 radical (unpaired) electrons. The number of benzene rings is 1. The first kappa shape index (κ1) is 20.1. The Balaban J connectivity index is 1.70. The zero-order chi connectivity index (χ0) is 19.4. The van der Waals surface area contributed by atoms with Crippen LogP contribution in [0.1, 0.15) is 54.3 Å². The Morgan fingerprint density at radius 3 is 2.63 bits per heavy atom. The van der Waals surface area contributed by atoms with Gasteiger partial charge in [0, 0.05) is 18.5 Å². The predicted molar refractivity (Wildman–Crippen MR) is 113 cm³/mol. The SMILES string of the molecule is CC[C@H](c1ccccc1)[C@@H]1CCCN1C(=O)[C@H](C)NC(=O)c1ccc(Br)s1. The second-order valence-corrected chi connectivity index (χ2v) is 9.43. The Labute approximate surface area is 173 Å². The summed E-state index contributed by atoms with van der Waals surface area (Å²) >= 11 is 4.73. The summed E-state index contributed by atoms with van der Waals surface area (Å²) in [7, 11) is 0. The summed E-state index contributed by atoms with van der Waals surface area (Å²) in [4.78, 5) is 28.1. The first-order valence-electron chi connectivity index (χ1n) is 9.43. The van der Waals surface area contributed by atoms with E-state index in [0.29, 0.717) is 10.8 Å². The lowest BCUT2D eigenvalue weighted by molar-refractivity contribution is -0.134. The van der Waals surface area contributed by atoms with E-state index in [2.05, 4.69) is 52.4 Å². The molecule has 1 fully saturated rings. The number of nitrogens with one attached hydrogen (secondary N) is 1. The molecule has 3 atom stereocenters. The van der Waals surface area contributed by atoms with Crippen LogP contribution in [-0.4, -0.2) is 35.3 Å². The number of amides is 2. The van der Waals surface area contributed by atoms with Gasteiger partial charge in [0.25, 0.3) is 5.91 Å². The molecule has 1 aliphatic heterocycles. The van der Waals surface area contributed by atoms with E-state index in [1.54, 1.807) is 13.0 Å². The molecule has 0 spiro atoms. The first-order valence-corrected chi connectivity index (χ1v) is 11.0. The van der Waals surface area contributed by atoms with E-state index in [1.165, 1.54) is 16.9 Å². The van der Waals surface area contributed by atoms with Crippen LogP contribution in [0.4, 0.5) is 0 Å². The highest BCUT2D eigenvalue weighted by atomic mass is 79.9. The summed E-state index contributed by atoms with van der Waals surface area (Å²) < 4.78 is 0.903. The van der Waals surface area contributed by atoms with Gasteiger partial charge in [-0.3, -0.25) is 9.59 Å². The van der Waals surface area contributed by atoms with Crippen LogP contribution in [-0.2, 0) is 4.79 Å². The molecule has 0 saturated carbocycles. The van der Waals surface area contributed by atoms with Crippen LogP contribution in [0.15, 0.2) is 46.3 Å². The van der Waals surface area contributed by atoms with Crippen molar-refractivity contribution in [1.82, 2.24) is 10.2 Å². The lowest BCUT2D eigenvalue weighted by atomic mass is 9.87. The largest absolute Gasteiger partial charge is 0.340 e. The number of hydrogen-bond acceptors (Lipinski definition) is 3. The molecule has 0 aliphatic carbocycles. The Kier molecular flexibility index (Phi) is 6.71. The van der Waals surface area contributed by atoms with Gasteiger partial charge in [0.1, 0.15) is 6.04 Å². The maximum atomic E-state index is 13.1. The first-order chi connectivity index (χ1) is 13.0. The number of carbonyl (C=O) groups excluding carboxylic acids is 2. The molecule has 2 amide bonds. The molecule has 1 saturated heterocycles. The number of likely N-dealkylation sites (tertiary alicyclic amines) is 1. The molecule has 27 heavy (non-hydrogen) atoms. The van der Waals surface area contributed by atoms with Gasteiger partial charge in [0.2, 0.25) is 5.91 Å². The number of thiophene rings is 1. The topological polar surface area (TPSA) is 49.4 Å². The van der Waals surface area contributed by atoms with E-state index in [-0.39, 0.29) is 17.9 Å². The quantitative estimate of drug-likeness (QED) is 0.688. The van der Waals surface area contributed by atoms with Crippen LogP contribution in [0.5, 0.6) is 0 Å². The predicted octanol–water partition coefficient (Wildman–Crippen LogP) is 4.81. The van der Waals surface area contributed by atoms with Crippen LogP contribution in [0.25, 0.3) is 0 Å². The Morgan fingerprint density at radius 2 is 2.00 bits per heavy atom. The molecule has 1 aromatic carbocycles. The second-order valence-electron chi connectivity index (χ2n) is 6.97. The standard InChI is InChI=1S/C21H25BrN2O2S/c1-3-16(15-8-5-4-6-9-15)17-10-7-13-24(17)21(26)14(2)23-20(25)18-11-12-19(22)27-18/h4-6,8-9,11-12,14,16-17H,3,7,10,13H2,1-2H3,(H,23,25)/t14-,16+,17-/m0/s1. The minimum atomic E-state index is -0.535. The molecule has 0 bridgehead atoms. The van der Waals surface area contributed by atoms with Crippen molar-refractivity contribution in [3.8, 4) is 0 Å². The van der Waals surface area contributed by atoms with Crippen molar-refractivity contribution in [3.05, 3.63) is 56.7 Å². The monoisotopic (exact) mass is 448 g/mol. The van der Waals surface area contributed by atoms with Crippen molar-refractivity contribution in [1.29, 1.82) is 0 Å². The third kappa shape index (κ3) is 4.61. The number of nitrogens with zero attached hydrogens (tertiary/aromatic N) is 1. The number of carbonyl (C=O) groups is 2. The highest BCUT2D eigenvalue weighted by Gasteiger charge is 2.36. The number of halogens is 1. The van der Waals surface area contributed by atoms with Crippen LogP contribution in [0, 0.1) is 0 Å². The molecular weight excluding hydrogens is 424 g/mol. The van der Waals surface area contributed by atoms with Crippen molar-refractivity contribution in [2.45, 2.75) is 51.1 Å². The summed E-state index contributed by atoms with van der Waals surface area (Å²) in [6.45, 7) is 4.72. The maximum Gasteiger partial charge on any atom is 0.262 e. The minimum Gasteiger partial charge on any atom is -0.340 e. The van der Waals surface area contributed by atoms with E-state index in [4.69, 9.17) is 0 Å². The normalized spacial score (nSPS) is 18.9. The molecule has 6 heteroatoms. The van der Waals surface area contributed by atoms with Crippen LogP contribution in [0.2, 0.25) is 0 Å². The van der Waals surface area contributed by atoms with Crippen molar-refractivity contribution >= 4 is 39.1 Å². The van der Waals surface area contributed by atoms with E-state index in [0.717, 1.165) is 29.6 Å². The highest BCUT2D eigenvalue weighted by Crippen LogP contribution is 2.34. The van der Waals surface area contributed by atoms with Crippen molar-refractivity contribution in [3.63, 3.8) is 0 Å². The summed E-state index contributed by atoms with van der Waals surface area (Å²) in [5, 5.41) is 2.86. The van der Waals surface area contributed by atoms with Gasteiger partial charge in [-0.1, -0.05) is 37.3 Å². The summed E-state index contributed by atoms with van der Waals surface area (Å²) in [5.41, 5.74) is 1.28. The summed E-state index contributed by atoms with van der Waals surface area (Å²) in [5.74, 6) is 0.141. The molecule has 1 aromatic heterocycles. The van der Waals surface area contributed by atoms with Gasteiger partial charge >= 0.3 is 0 Å². The molecule has 0 unspecified atom stereocenters. The smallest absolute Gasteiger partial charge is 0.262 e. The molecule has 3 rings (SSSR count). The average molecular weight is 449 g/mol. The molecule has 1 aliphatic rings. The van der Waals surface area contributed by atoms with Gasteiger partial charge in [-0.2, -0.15) is 0 Å². The van der Waals surface area contributed by atoms with Crippen molar-refractivity contribution < 1.29 is 9.59 Å². The summed E-state index contributed by atoms with van der Waals surface area (Å²) in [6, 6.07) is 13.7. The van der Waals surface area contributed by atoms with Crippen LogP contribution < -0.4 is 5.32 Å². The summed E-state index contributed by atoms with van der Waals surface area (Å²) in [6.07, 6.45) is 3.01. The molecular formula is C21H25BrN2O2S. The van der Waals surface area contributed by atoms with E-state index in [9.17, 15) is 9.59 Å². The second kappa shape index (κ2) is 9.02. The Bertz CT molecular complexity index is 792. The molecule has 144 valence electrons. The fourth-order valence-corrected chi connectivity index (χ4v) is 5.22. The lowest BCUT2D eigenvalue weighted by Gasteiger charge is -2.33. The molecule has 1 N–H and O–H groups in total. The van der Waals surface area contributed by atoms with E-state index < -0.39 is 6.04 Å². The Morgan fingerprint density at radius 1 is 1.26 bits per heavy atom. The molecule has 2 aromatic rings. The van der Waals surface area contributed by atoms with Crippen molar-refractivity contribution in [2.24, 2.45) is 0 Å². The van der Waals surface area contributed by atoms with E-state index >= 15 is 0 Å². The van der Waals surface area contributed by atoms with Gasteiger partial charge in [-0.15, -0.1) is 11.3 Å². The van der Waals surface area contributed by atoms with Crippen molar-refractivity contribution in [2.75, 3.05) is 6.54 Å². The third-order valence-electron chi connectivity index (χ3n) is 5.23. The third-order valence-corrected chi connectivity index (χ3v) is 6.85. The fourth-order valence-electron chi connectivity index (χ4n) is 3.93. The van der Waals surface area contributed by atoms with E-state index in [1.807, 2.05) is 17.0 Å². The van der Waals surface area contributed by atoms with Gasteiger partial charge < -0.3 is 10.2 Å². The molecule has 4 nitrogen and oxygen atoms in total. The lowest BCUT2D eigenvalue weighted by Crippen LogP contribution is -2.49. The minimum absolute atomic E-state index is 0.0100. The van der Waals surface area contributed by atoms with Crippen LogP contribution >= 0.6 is 27.3 Å². The zero-order valence-electron chi connectivity index (χ0n) is 15.7. The van der Waals surface area contributed by atoms with Crippen LogP contribution in [0.3, 0.4) is 0 Å². The van der Waals surface area contributed by atoms with Gasteiger partial charge in [0.15, 0.2) is 0 Å². The number of hydrogen-bond donors (Lipinski definition) is 1. The zero-order valence-corrected chi connectivity index (χ0v) is 18.1. The fraction of sp³-hybridized carbons (Fsp3) is 0.429. The van der Waals surface area contributed by atoms with Gasteiger partial charge in [-0.25, -0.2) is 0 Å². The van der Waals surface area contributed by atoms with Gasteiger partial charge in [-0.05, 0) is 59.8 Å².